The minimum atomic E-state index is 0.241. The van der Waals surface area contributed by atoms with E-state index in [9.17, 15) is 0 Å². The highest BCUT2D eigenvalue weighted by Crippen LogP contribution is 2.41. The van der Waals surface area contributed by atoms with Crippen LogP contribution in [0.3, 0.4) is 0 Å². The first-order valence-corrected chi connectivity index (χ1v) is 6.37. The summed E-state index contributed by atoms with van der Waals surface area (Å²) in [6.07, 6.45) is 0. The summed E-state index contributed by atoms with van der Waals surface area (Å²) >= 11 is 0. The van der Waals surface area contributed by atoms with Crippen LogP contribution in [-0.2, 0) is 6.54 Å². The molecule has 0 saturated heterocycles. The van der Waals surface area contributed by atoms with Crippen LogP contribution >= 0.6 is 0 Å². The Morgan fingerprint density at radius 2 is 2.00 bits per heavy atom. The number of nitrogens with one attached hydrogen (secondary N) is 2. The van der Waals surface area contributed by atoms with Crippen molar-refractivity contribution in [2.24, 2.45) is 0 Å². The fourth-order valence-electron chi connectivity index (χ4n) is 2.06. The van der Waals surface area contributed by atoms with Gasteiger partial charge in [0, 0.05) is 12.2 Å². The summed E-state index contributed by atoms with van der Waals surface area (Å²) < 4.78 is 16.1. The molecule has 0 bridgehead atoms. The van der Waals surface area contributed by atoms with Crippen LogP contribution in [0, 0.1) is 0 Å². The lowest BCUT2D eigenvalue weighted by Crippen LogP contribution is -2.20. The van der Waals surface area contributed by atoms with Crippen molar-refractivity contribution in [3.05, 3.63) is 48.0 Å². The zero-order valence-electron chi connectivity index (χ0n) is 11.2. The molecule has 104 valence electrons. The molecule has 1 heterocycles. The second-order valence-electron chi connectivity index (χ2n) is 4.38. The highest BCUT2D eigenvalue weighted by molar-refractivity contribution is 5.55. The minimum Gasteiger partial charge on any atom is -0.493 e. The number of benzene rings is 2. The maximum Gasteiger partial charge on any atom is 0.231 e. The quantitative estimate of drug-likeness (QED) is 0.819. The van der Waals surface area contributed by atoms with Gasteiger partial charge in [-0.1, -0.05) is 18.2 Å². The summed E-state index contributed by atoms with van der Waals surface area (Å²) in [6, 6.07) is 13.8. The van der Waals surface area contributed by atoms with Crippen molar-refractivity contribution < 1.29 is 14.2 Å². The van der Waals surface area contributed by atoms with Crippen LogP contribution in [0.25, 0.3) is 0 Å². The first-order valence-electron chi connectivity index (χ1n) is 6.37. The Kier molecular flexibility index (Phi) is 3.60. The van der Waals surface area contributed by atoms with E-state index >= 15 is 0 Å². The molecule has 0 saturated carbocycles. The Labute approximate surface area is 117 Å². The van der Waals surface area contributed by atoms with Gasteiger partial charge in [-0.15, -0.1) is 0 Å². The van der Waals surface area contributed by atoms with Crippen molar-refractivity contribution in [3.8, 4) is 17.2 Å². The lowest BCUT2D eigenvalue weighted by molar-refractivity contribution is 0.171. The van der Waals surface area contributed by atoms with E-state index in [1.54, 1.807) is 7.11 Å². The Bertz CT molecular complexity index is 587. The average molecular weight is 272 g/mol. The predicted molar refractivity (Wildman–Crippen MR) is 76.0 cm³/mol. The number of methoxy groups -OCH3 is 1. The molecule has 0 aliphatic carbocycles. The van der Waals surface area contributed by atoms with Gasteiger partial charge in [-0.25, -0.2) is 5.43 Å². The van der Waals surface area contributed by atoms with E-state index in [2.05, 4.69) is 10.9 Å². The number of hydrazine groups is 1. The third kappa shape index (κ3) is 2.62. The van der Waals surface area contributed by atoms with Crippen LogP contribution < -0.4 is 25.1 Å². The number of hydrogen-bond donors (Lipinski definition) is 2. The summed E-state index contributed by atoms with van der Waals surface area (Å²) in [7, 11) is 1.62. The zero-order chi connectivity index (χ0) is 13.8. The average Bonchev–Trinajstić information content (AvgIpc) is 2.96. The first kappa shape index (κ1) is 12.6. The fraction of sp³-hybridized carbons (Fsp3) is 0.200. The van der Waals surface area contributed by atoms with Crippen LogP contribution in [0.2, 0.25) is 0 Å². The number of rotatable bonds is 5. The standard InChI is InChI=1S/C15H16N2O3/c1-18-13-7-11(8-14-15(13)20-10-19-14)9-16-17-12-5-3-2-4-6-12/h2-8,16-17H,9-10H2,1H3. The zero-order valence-corrected chi connectivity index (χ0v) is 11.2. The molecule has 2 N–H and O–H groups in total. The van der Waals surface area contributed by atoms with Gasteiger partial charge in [0.1, 0.15) is 0 Å². The SMILES string of the molecule is COc1cc(CNNc2ccccc2)cc2c1OCO2. The summed E-state index contributed by atoms with van der Waals surface area (Å²) in [6.45, 7) is 0.882. The summed E-state index contributed by atoms with van der Waals surface area (Å²) in [5.74, 6) is 2.09. The monoisotopic (exact) mass is 272 g/mol. The van der Waals surface area contributed by atoms with Gasteiger partial charge < -0.3 is 19.6 Å². The van der Waals surface area contributed by atoms with E-state index in [1.165, 1.54) is 0 Å². The lowest BCUT2D eigenvalue weighted by atomic mass is 10.2. The van der Waals surface area contributed by atoms with Gasteiger partial charge in [0.25, 0.3) is 0 Å². The molecule has 0 radical (unpaired) electrons. The molecule has 0 aromatic heterocycles. The van der Waals surface area contributed by atoms with Crippen molar-refractivity contribution in [2.45, 2.75) is 6.54 Å². The number of para-hydroxylation sites is 1. The second kappa shape index (κ2) is 5.71. The van der Waals surface area contributed by atoms with E-state index in [4.69, 9.17) is 14.2 Å². The third-order valence-corrected chi connectivity index (χ3v) is 3.02. The van der Waals surface area contributed by atoms with Crippen LogP contribution in [-0.4, -0.2) is 13.9 Å². The van der Waals surface area contributed by atoms with Gasteiger partial charge in [-0.05, 0) is 29.8 Å². The van der Waals surface area contributed by atoms with E-state index in [1.807, 2.05) is 42.5 Å². The first-order chi connectivity index (χ1) is 9.86. The van der Waals surface area contributed by atoms with Crippen LogP contribution in [0.1, 0.15) is 5.56 Å². The molecular weight excluding hydrogens is 256 g/mol. The number of hydrogen-bond acceptors (Lipinski definition) is 5. The molecule has 20 heavy (non-hydrogen) atoms. The van der Waals surface area contributed by atoms with Crippen LogP contribution in [0.4, 0.5) is 5.69 Å². The number of ether oxygens (including phenoxy) is 3. The third-order valence-electron chi connectivity index (χ3n) is 3.02. The van der Waals surface area contributed by atoms with Crippen LogP contribution in [0.15, 0.2) is 42.5 Å². The number of anilines is 1. The van der Waals surface area contributed by atoms with E-state index in [0.29, 0.717) is 18.0 Å². The van der Waals surface area contributed by atoms with Crippen molar-refractivity contribution in [3.63, 3.8) is 0 Å². The van der Waals surface area contributed by atoms with E-state index in [-0.39, 0.29) is 6.79 Å². The molecule has 0 atom stereocenters. The largest absolute Gasteiger partial charge is 0.493 e. The second-order valence-corrected chi connectivity index (χ2v) is 4.38. The van der Waals surface area contributed by atoms with Crippen molar-refractivity contribution in [2.75, 3.05) is 19.3 Å². The van der Waals surface area contributed by atoms with Crippen molar-refractivity contribution >= 4 is 5.69 Å². The maximum atomic E-state index is 5.40. The Hall–Kier alpha value is -2.40. The van der Waals surface area contributed by atoms with E-state index in [0.717, 1.165) is 17.0 Å². The maximum absolute atomic E-state index is 5.40. The molecule has 0 unspecified atom stereocenters. The topological polar surface area (TPSA) is 51.8 Å². The molecule has 0 fully saturated rings. The Morgan fingerprint density at radius 3 is 2.80 bits per heavy atom. The smallest absolute Gasteiger partial charge is 0.231 e. The highest BCUT2D eigenvalue weighted by atomic mass is 16.7. The molecule has 0 spiro atoms. The lowest BCUT2D eigenvalue weighted by Gasteiger charge is -2.10. The molecule has 2 aromatic carbocycles. The molecule has 3 rings (SSSR count). The number of fused-ring (bicyclic) bond motifs is 1. The molecule has 1 aliphatic heterocycles. The Morgan fingerprint density at radius 1 is 1.15 bits per heavy atom. The normalized spacial score (nSPS) is 12.2. The van der Waals surface area contributed by atoms with Crippen LogP contribution in [0.5, 0.6) is 17.2 Å². The van der Waals surface area contributed by atoms with Gasteiger partial charge in [0.15, 0.2) is 11.5 Å². The van der Waals surface area contributed by atoms with Gasteiger partial charge in [-0.2, -0.15) is 0 Å². The van der Waals surface area contributed by atoms with E-state index < -0.39 is 0 Å². The van der Waals surface area contributed by atoms with Gasteiger partial charge in [0.2, 0.25) is 12.5 Å². The van der Waals surface area contributed by atoms with Gasteiger partial charge in [-0.3, -0.25) is 0 Å². The summed E-state index contributed by atoms with van der Waals surface area (Å²) in [5, 5.41) is 0. The summed E-state index contributed by atoms with van der Waals surface area (Å²) in [5.41, 5.74) is 8.36. The molecule has 5 nitrogen and oxygen atoms in total. The highest BCUT2D eigenvalue weighted by Gasteiger charge is 2.19. The fourth-order valence-corrected chi connectivity index (χ4v) is 2.06. The predicted octanol–water partition coefficient (Wildman–Crippen LogP) is 2.54. The minimum absolute atomic E-state index is 0.241. The van der Waals surface area contributed by atoms with Crippen molar-refractivity contribution in [1.82, 2.24) is 5.43 Å². The summed E-state index contributed by atoms with van der Waals surface area (Å²) in [4.78, 5) is 0. The van der Waals surface area contributed by atoms with Gasteiger partial charge >= 0.3 is 0 Å². The molecule has 5 heteroatoms. The van der Waals surface area contributed by atoms with Crippen molar-refractivity contribution in [1.29, 1.82) is 0 Å². The molecular formula is C15H16N2O3. The molecule has 2 aromatic rings. The molecule has 0 amide bonds. The Balaban J connectivity index is 1.66. The molecule has 1 aliphatic rings. The van der Waals surface area contributed by atoms with Gasteiger partial charge in [0.05, 0.1) is 7.11 Å².